The van der Waals surface area contributed by atoms with E-state index in [-0.39, 0.29) is 0 Å². The molecule has 1 rings (SSSR count). The van der Waals surface area contributed by atoms with Gasteiger partial charge >= 0.3 is 0 Å². The zero-order valence-corrected chi connectivity index (χ0v) is 9.78. The predicted molar refractivity (Wildman–Crippen MR) is 63.1 cm³/mol. The summed E-state index contributed by atoms with van der Waals surface area (Å²) in [5.74, 6) is 0.705. The molecular formula is C13H21NO. The number of hydrogen-bond donors (Lipinski definition) is 0. The molecule has 0 aromatic carbocycles. The lowest BCUT2D eigenvalue weighted by molar-refractivity contribution is 0.111. The quantitative estimate of drug-likeness (QED) is 0.627. The lowest BCUT2D eigenvalue weighted by atomic mass is 9.99. The average Bonchev–Trinajstić information content (AvgIpc) is 2.71. The molecule has 0 aliphatic heterocycles. The van der Waals surface area contributed by atoms with Crippen LogP contribution in [0, 0.1) is 5.92 Å². The molecule has 2 nitrogen and oxygen atoms in total. The van der Waals surface area contributed by atoms with E-state index in [1.54, 1.807) is 0 Å². The van der Waals surface area contributed by atoms with E-state index in [1.165, 1.54) is 25.7 Å². The van der Waals surface area contributed by atoms with Gasteiger partial charge in [-0.2, -0.15) is 0 Å². The predicted octanol–water partition coefficient (Wildman–Crippen LogP) is 3.52. The molecule has 0 saturated carbocycles. The molecule has 0 N–H and O–H groups in total. The van der Waals surface area contributed by atoms with Crippen molar-refractivity contribution in [3.05, 3.63) is 24.0 Å². The van der Waals surface area contributed by atoms with Crippen LogP contribution in [0.5, 0.6) is 0 Å². The normalized spacial score (nSPS) is 12.7. The van der Waals surface area contributed by atoms with Gasteiger partial charge in [0.15, 0.2) is 6.29 Å². The first-order valence-electron chi connectivity index (χ1n) is 5.92. The number of aldehydes is 1. The molecule has 0 fully saturated rings. The summed E-state index contributed by atoms with van der Waals surface area (Å²) in [6.45, 7) is 5.43. The molecule has 15 heavy (non-hydrogen) atoms. The number of carbonyl (C=O) groups excluding carboxylic acids is 1. The minimum atomic E-state index is 0.705. The third-order valence-electron chi connectivity index (χ3n) is 2.98. The Bertz CT molecular complexity index is 290. The molecule has 2 heteroatoms. The van der Waals surface area contributed by atoms with Crippen LogP contribution >= 0.6 is 0 Å². The van der Waals surface area contributed by atoms with Crippen LogP contribution in [-0.4, -0.2) is 10.9 Å². The average molecular weight is 207 g/mol. The molecule has 1 unspecified atom stereocenters. The monoisotopic (exact) mass is 207 g/mol. The van der Waals surface area contributed by atoms with Gasteiger partial charge in [-0.15, -0.1) is 0 Å². The molecular weight excluding hydrogens is 186 g/mol. The molecule has 1 aromatic rings. The molecule has 0 aliphatic carbocycles. The number of carbonyl (C=O) groups is 1. The number of rotatable bonds is 7. The second kappa shape index (κ2) is 6.44. The number of nitrogens with zero attached hydrogens (tertiary/aromatic N) is 1. The van der Waals surface area contributed by atoms with E-state index < -0.39 is 0 Å². The SMILES string of the molecule is CCCCC(CC)Cn1cccc1C=O. The summed E-state index contributed by atoms with van der Waals surface area (Å²) < 4.78 is 2.07. The lowest BCUT2D eigenvalue weighted by Gasteiger charge is -2.16. The first-order valence-corrected chi connectivity index (χ1v) is 5.92. The highest BCUT2D eigenvalue weighted by molar-refractivity contribution is 5.72. The van der Waals surface area contributed by atoms with E-state index in [1.807, 2.05) is 18.3 Å². The Morgan fingerprint density at radius 3 is 2.87 bits per heavy atom. The third-order valence-corrected chi connectivity index (χ3v) is 2.98. The molecule has 84 valence electrons. The van der Waals surface area contributed by atoms with Crippen molar-refractivity contribution in [1.29, 1.82) is 0 Å². The highest BCUT2D eigenvalue weighted by atomic mass is 16.1. The number of unbranched alkanes of at least 4 members (excludes halogenated alkanes) is 1. The maximum absolute atomic E-state index is 10.8. The Hall–Kier alpha value is -1.05. The zero-order valence-electron chi connectivity index (χ0n) is 9.78. The van der Waals surface area contributed by atoms with Gasteiger partial charge in [-0.25, -0.2) is 0 Å². The second-order valence-electron chi connectivity index (χ2n) is 4.12. The van der Waals surface area contributed by atoms with Crippen molar-refractivity contribution in [3.8, 4) is 0 Å². The van der Waals surface area contributed by atoms with E-state index in [2.05, 4.69) is 18.4 Å². The van der Waals surface area contributed by atoms with Gasteiger partial charge in [0.05, 0.1) is 5.69 Å². The van der Waals surface area contributed by atoms with Gasteiger partial charge in [0, 0.05) is 12.7 Å². The van der Waals surface area contributed by atoms with Gasteiger partial charge in [0.25, 0.3) is 0 Å². The Labute approximate surface area is 92.3 Å². The molecule has 0 aliphatic rings. The topological polar surface area (TPSA) is 22.0 Å². The summed E-state index contributed by atoms with van der Waals surface area (Å²) in [7, 11) is 0. The molecule has 1 aromatic heterocycles. The van der Waals surface area contributed by atoms with Gasteiger partial charge in [-0.3, -0.25) is 4.79 Å². The fourth-order valence-electron chi connectivity index (χ4n) is 1.90. The molecule has 1 heterocycles. The summed E-state index contributed by atoms with van der Waals surface area (Å²) in [5.41, 5.74) is 0.796. The van der Waals surface area contributed by atoms with E-state index in [0.29, 0.717) is 5.92 Å². The Balaban J connectivity index is 2.54. The minimum Gasteiger partial charge on any atom is -0.345 e. The van der Waals surface area contributed by atoms with Crippen molar-refractivity contribution in [3.63, 3.8) is 0 Å². The summed E-state index contributed by atoms with van der Waals surface area (Å²) >= 11 is 0. The minimum absolute atomic E-state index is 0.705. The van der Waals surface area contributed by atoms with Crippen LogP contribution in [0.3, 0.4) is 0 Å². The Kier molecular flexibility index (Phi) is 5.16. The molecule has 0 radical (unpaired) electrons. The second-order valence-corrected chi connectivity index (χ2v) is 4.12. The Morgan fingerprint density at radius 1 is 1.47 bits per heavy atom. The molecule has 0 spiro atoms. The Morgan fingerprint density at radius 2 is 2.27 bits per heavy atom. The van der Waals surface area contributed by atoms with Crippen LogP contribution in [0.1, 0.15) is 50.0 Å². The van der Waals surface area contributed by atoms with Gasteiger partial charge in [-0.05, 0) is 24.5 Å². The van der Waals surface area contributed by atoms with Crippen LogP contribution < -0.4 is 0 Å². The maximum Gasteiger partial charge on any atom is 0.166 e. The molecule has 1 atom stereocenters. The zero-order chi connectivity index (χ0) is 11.1. The van der Waals surface area contributed by atoms with Crippen molar-refractivity contribution >= 4 is 6.29 Å². The van der Waals surface area contributed by atoms with Gasteiger partial charge < -0.3 is 4.57 Å². The summed E-state index contributed by atoms with van der Waals surface area (Å²) in [5, 5.41) is 0. The summed E-state index contributed by atoms with van der Waals surface area (Å²) in [6, 6.07) is 3.82. The van der Waals surface area contributed by atoms with E-state index in [9.17, 15) is 4.79 Å². The molecule has 0 bridgehead atoms. The first kappa shape index (κ1) is 12.0. The van der Waals surface area contributed by atoms with Crippen LogP contribution in [0.4, 0.5) is 0 Å². The number of hydrogen-bond acceptors (Lipinski definition) is 1. The van der Waals surface area contributed by atoms with Gasteiger partial charge in [0.1, 0.15) is 0 Å². The van der Waals surface area contributed by atoms with Crippen LogP contribution in [0.2, 0.25) is 0 Å². The van der Waals surface area contributed by atoms with Crippen LogP contribution in [0.15, 0.2) is 18.3 Å². The van der Waals surface area contributed by atoms with Crippen molar-refractivity contribution in [1.82, 2.24) is 4.57 Å². The highest BCUT2D eigenvalue weighted by Gasteiger charge is 2.08. The van der Waals surface area contributed by atoms with Crippen molar-refractivity contribution in [2.24, 2.45) is 5.92 Å². The van der Waals surface area contributed by atoms with Crippen LogP contribution in [0.25, 0.3) is 0 Å². The van der Waals surface area contributed by atoms with E-state index >= 15 is 0 Å². The molecule has 0 saturated heterocycles. The highest BCUT2D eigenvalue weighted by Crippen LogP contribution is 2.16. The summed E-state index contributed by atoms with van der Waals surface area (Å²) in [6.07, 6.45) is 7.93. The fraction of sp³-hybridized carbons (Fsp3) is 0.615. The largest absolute Gasteiger partial charge is 0.345 e. The standard InChI is InChI=1S/C13H21NO/c1-3-5-7-12(4-2)10-14-9-6-8-13(14)11-15/h6,8-9,11-12H,3-5,7,10H2,1-2H3. The van der Waals surface area contributed by atoms with Gasteiger partial charge in [0.2, 0.25) is 0 Å². The smallest absolute Gasteiger partial charge is 0.166 e. The van der Waals surface area contributed by atoms with E-state index in [4.69, 9.17) is 0 Å². The van der Waals surface area contributed by atoms with Crippen molar-refractivity contribution < 1.29 is 4.79 Å². The molecule has 0 amide bonds. The van der Waals surface area contributed by atoms with Gasteiger partial charge in [-0.1, -0.05) is 33.1 Å². The lowest BCUT2D eigenvalue weighted by Crippen LogP contribution is -2.11. The van der Waals surface area contributed by atoms with Crippen molar-refractivity contribution in [2.75, 3.05) is 0 Å². The maximum atomic E-state index is 10.8. The fourth-order valence-corrected chi connectivity index (χ4v) is 1.90. The number of aromatic nitrogens is 1. The van der Waals surface area contributed by atoms with Crippen LogP contribution in [-0.2, 0) is 6.54 Å². The third kappa shape index (κ3) is 3.54. The first-order chi connectivity index (χ1) is 7.31. The van der Waals surface area contributed by atoms with E-state index in [0.717, 1.165) is 18.5 Å². The van der Waals surface area contributed by atoms with Crippen molar-refractivity contribution in [2.45, 2.75) is 46.1 Å². The summed E-state index contributed by atoms with van der Waals surface area (Å²) in [4.78, 5) is 10.8.